The van der Waals surface area contributed by atoms with E-state index in [0.717, 1.165) is 61.4 Å². The molecule has 0 spiro atoms. The van der Waals surface area contributed by atoms with Crippen molar-refractivity contribution < 1.29 is 0 Å². The third kappa shape index (κ3) is 4.42. The molecule has 0 aliphatic heterocycles. The molecule has 0 amide bonds. The molecular weight excluding hydrogens is 687 g/mol. The second kappa shape index (κ2) is 11.9. The minimum Gasteiger partial charge on any atom is -0.315 e. The summed E-state index contributed by atoms with van der Waals surface area (Å²) in [5.41, 5.74) is 12.0. The normalized spacial score (nSPS) is 11.9. The zero-order valence-corrected chi connectivity index (χ0v) is 30.0. The van der Waals surface area contributed by atoms with Gasteiger partial charge in [0.1, 0.15) is 12.7 Å². The minimum atomic E-state index is 0.611. The van der Waals surface area contributed by atoms with Crippen LogP contribution in [0.3, 0.4) is 0 Å². The van der Waals surface area contributed by atoms with Gasteiger partial charge in [-0.3, -0.25) is 0 Å². The highest BCUT2D eigenvalue weighted by Gasteiger charge is 2.22. The summed E-state index contributed by atoms with van der Waals surface area (Å²) in [6.45, 7) is 0. The van der Waals surface area contributed by atoms with E-state index in [-0.39, 0.29) is 0 Å². The number of fused-ring (bicyclic) bond motifs is 10. The highest BCUT2D eigenvalue weighted by molar-refractivity contribution is 6.19. The SMILES string of the molecule is c1ccc(-n2ccc3ccc4c5ccccc5n(-c5cc(-c6ncncn6)cc(-n6c7ccccc7c7ccc8ccn(-c9ccccc9)c8c76)c5)c4c32)cc1. The lowest BCUT2D eigenvalue weighted by molar-refractivity contribution is 1.05. The first-order valence-electron chi connectivity index (χ1n) is 18.8. The maximum atomic E-state index is 4.69. The lowest BCUT2D eigenvalue weighted by atomic mass is 10.1. The van der Waals surface area contributed by atoms with Gasteiger partial charge in [0.25, 0.3) is 0 Å². The molecule has 7 heteroatoms. The predicted octanol–water partition coefficient (Wildman–Crippen LogP) is 11.6. The smallest absolute Gasteiger partial charge is 0.162 e. The molecule has 12 aromatic rings. The highest BCUT2D eigenvalue weighted by Crippen LogP contribution is 2.42. The fraction of sp³-hybridized carbons (Fsp3) is 0. The molecular formula is C49H31N7. The molecule has 0 unspecified atom stereocenters. The largest absolute Gasteiger partial charge is 0.315 e. The minimum absolute atomic E-state index is 0.611. The van der Waals surface area contributed by atoms with Gasteiger partial charge in [0.15, 0.2) is 5.82 Å². The average molecular weight is 718 g/mol. The Hall–Kier alpha value is -7.77. The standard InChI is InChI=1S/C49H31N7/c1-3-11-35(12-4-1)53-25-23-32-19-21-41-39-15-7-9-17-43(39)55(47(41)45(32)53)37-27-34(49-51-30-50-31-52-49)28-38(29-37)56-44-18-10-8-16-40(44)42-22-20-33-24-26-54(46(33)48(42)56)36-13-5-2-6-14-36/h1-31H. The van der Waals surface area contributed by atoms with E-state index in [4.69, 9.17) is 0 Å². The van der Waals surface area contributed by atoms with Crippen LogP contribution in [-0.4, -0.2) is 33.2 Å². The van der Waals surface area contributed by atoms with Crippen molar-refractivity contribution in [1.82, 2.24) is 33.2 Å². The van der Waals surface area contributed by atoms with Gasteiger partial charge in [-0.1, -0.05) is 97.1 Å². The molecule has 0 radical (unpaired) electrons. The molecule has 0 aliphatic carbocycles. The van der Waals surface area contributed by atoms with E-state index in [9.17, 15) is 0 Å². The van der Waals surface area contributed by atoms with Crippen LogP contribution in [0.25, 0.3) is 99.6 Å². The Bertz CT molecular complexity index is 3250. The molecule has 262 valence electrons. The summed E-state index contributed by atoms with van der Waals surface area (Å²) >= 11 is 0. The van der Waals surface area contributed by atoms with Crippen LogP contribution < -0.4 is 0 Å². The maximum Gasteiger partial charge on any atom is 0.162 e. The van der Waals surface area contributed by atoms with Crippen LogP contribution in [0.15, 0.2) is 189 Å². The molecule has 7 aromatic carbocycles. The molecule has 0 saturated heterocycles. The van der Waals surface area contributed by atoms with Gasteiger partial charge >= 0.3 is 0 Å². The second-order valence-corrected chi connectivity index (χ2v) is 14.2. The van der Waals surface area contributed by atoms with Crippen LogP contribution in [0.4, 0.5) is 0 Å². The lowest BCUT2D eigenvalue weighted by Crippen LogP contribution is -2.03. The zero-order valence-electron chi connectivity index (χ0n) is 30.0. The number of para-hydroxylation sites is 4. The molecule has 0 saturated carbocycles. The Morgan fingerprint density at radius 3 is 1.32 bits per heavy atom. The summed E-state index contributed by atoms with van der Waals surface area (Å²) in [6.07, 6.45) is 7.50. The molecule has 0 atom stereocenters. The average Bonchev–Trinajstić information content (AvgIpc) is 4.05. The first-order chi connectivity index (χ1) is 27.8. The van der Waals surface area contributed by atoms with E-state index in [1.54, 1.807) is 12.7 Å². The molecule has 0 fully saturated rings. The number of hydrogen-bond donors (Lipinski definition) is 0. The highest BCUT2D eigenvalue weighted by atomic mass is 15.1. The Kier molecular flexibility index (Phi) is 6.50. The van der Waals surface area contributed by atoms with Gasteiger partial charge < -0.3 is 18.3 Å². The van der Waals surface area contributed by atoms with Crippen molar-refractivity contribution in [1.29, 1.82) is 0 Å². The molecule has 0 bridgehead atoms. The van der Waals surface area contributed by atoms with Gasteiger partial charge in [-0.05, 0) is 66.7 Å². The maximum absolute atomic E-state index is 4.69. The van der Waals surface area contributed by atoms with E-state index < -0.39 is 0 Å². The summed E-state index contributed by atoms with van der Waals surface area (Å²) in [4.78, 5) is 13.5. The van der Waals surface area contributed by atoms with Crippen LogP contribution in [0.2, 0.25) is 0 Å². The van der Waals surface area contributed by atoms with E-state index in [2.05, 4.69) is 209 Å². The van der Waals surface area contributed by atoms with Crippen LogP contribution >= 0.6 is 0 Å². The summed E-state index contributed by atoms with van der Waals surface area (Å²) in [5, 5.41) is 7.11. The number of rotatable bonds is 5. The molecule has 7 nitrogen and oxygen atoms in total. The topological polar surface area (TPSA) is 58.4 Å². The van der Waals surface area contributed by atoms with Crippen LogP contribution in [0, 0.1) is 0 Å². The van der Waals surface area contributed by atoms with E-state index in [1.165, 1.54) is 32.3 Å². The fourth-order valence-electron chi connectivity index (χ4n) is 8.86. The van der Waals surface area contributed by atoms with Crippen molar-refractivity contribution >= 4 is 65.4 Å². The number of benzene rings is 7. The Morgan fingerprint density at radius 1 is 0.357 bits per heavy atom. The molecule has 5 heterocycles. The van der Waals surface area contributed by atoms with Gasteiger partial charge in [0, 0.05) is 73.0 Å². The van der Waals surface area contributed by atoms with Crippen molar-refractivity contribution in [3.8, 4) is 34.1 Å². The Labute approximate surface area is 320 Å². The Morgan fingerprint density at radius 2 is 0.821 bits per heavy atom. The quantitative estimate of drug-likeness (QED) is 0.178. The summed E-state index contributed by atoms with van der Waals surface area (Å²) in [5.74, 6) is 0.611. The van der Waals surface area contributed by atoms with Gasteiger partial charge in [-0.25, -0.2) is 15.0 Å². The van der Waals surface area contributed by atoms with Gasteiger partial charge in [-0.2, -0.15) is 0 Å². The van der Waals surface area contributed by atoms with Gasteiger partial charge in [0.05, 0.1) is 33.1 Å². The summed E-state index contributed by atoms with van der Waals surface area (Å²) in [6, 6.07) is 58.8. The number of hydrogen-bond acceptors (Lipinski definition) is 3. The lowest BCUT2D eigenvalue weighted by Gasteiger charge is -2.17. The first kappa shape index (κ1) is 30.7. The fourth-order valence-corrected chi connectivity index (χ4v) is 8.86. The summed E-state index contributed by atoms with van der Waals surface area (Å²) in [7, 11) is 0. The molecule has 0 N–H and O–H groups in total. The van der Waals surface area contributed by atoms with Crippen LogP contribution in [-0.2, 0) is 0 Å². The van der Waals surface area contributed by atoms with Crippen LogP contribution in [0.5, 0.6) is 0 Å². The number of aromatic nitrogens is 7. The van der Waals surface area contributed by atoms with Crippen LogP contribution in [0.1, 0.15) is 0 Å². The van der Waals surface area contributed by atoms with Crippen molar-refractivity contribution in [2.45, 2.75) is 0 Å². The third-order valence-corrected chi connectivity index (χ3v) is 11.2. The predicted molar refractivity (Wildman–Crippen MR) is 228 cm³/mol. The Balaban J connectivity index is 1.24. The van der Waals surface area contributed by atoms with E-state index >= 15 is 0 Å². The van der Waals surface area contributed by atoms with Gasteiger partial charge in [0.2, 0.25) is 0 Å². The van der Waals surface area contributed by atoms with E-state index in [1.807, 2.05) is 0 Å². The van der Waals surface area contributed by atoms with Gasteiger partial charge in [-0.15, -0.1) is 0 Å². The second-order valence-electron chi connectivity index (χ2n) is 14.2. The first-order valence-corrected chi connectivity index (χ1v) is 18.8. The van der Waals surface area contributed by atoms with Crippen molar-refractivity contribution in [2.75, 3.05) is 0 Å². The molecule has 0 aliphatic rings. The van der Waals surface area contributed by atoms with Crippen molar-refractivity contribution in [3.63, 3.8) is 0 Å². The molecule has 5 aromatic heterocycles. The molecule has 12 rings (SSSR count). The van der Waals surface area contributed by atoms with Crippen molar-refractivity contribution in [2.24, 2.45) is 0 Å². The van der Waals surface area contributed by atoms with E-state index in [0.29, 0.717) is 5.82 Å². The third-order valence-electron chi connectivity index (χ3n) is 11.2. The molecule has 56 heavy (non-hydrogen) atoms. The van der Waals surface area contributed by atoms with Crippen molar-refractivity contribution in [3.05, 3.63) is 189 Å². The summed E-state index contributed by atoms with van der Waals surface area (Å²) < 4.78 is 9.48. The monoisotopic (exact) mass is 717 g/mol. The number of nitrogens with zero attached hydrogens (tertiary/aromatic N) is 7. The zero-order chi connectivity index (χ0) is 36.7.